The van der Waals surface area contributed by atoms with Gasteiger partial charge in [0, 0.05) is 30.9 Å². The molecule has 10 nitrogen and oxygen atoms in total. The molecule has 186 valence electrons. The first kappa shape index (κ1) is 23.5. The van der Waals surface area contributed by atoms with Crippen LogP contribution in [-0.4, -0.2) is 54.4 Å². The number of hydrogen-bond donors (Lipinski definition) is 1. The van der Waals surface area contributed by atoms with E-state index in [0.717, 1.165) is 18.4 Å². The summed E-state index contributed by atoms with van der Waals surface area (Å²) in [5.74, 6) is 1.55. The fraction of sp³-hybridized carbons (Fsp3) is 0.346. The SMILES string of the molecule is CC(C)(C)OC(=O)N1CCC(n2nc(-c3ccc(Oc4ccccc4)nc3)c3c(N)ncnc32)CC1. The number of ether oxygens (including phenoxy) is 2. The molecule has 1 aliphatic heterocycles. The highest BCUT2D eigenvalue weighted by atomic mass is 16.6. The lowest BCUT2D eigenvalue weighted by atomic mass is 10.1. The summed E-state index contributed by atoms with van der Waals surface area (Å²) in [6.45, 7) is 6.75. The van der Waals surface area contributed by atoms with Crippen molar-refractivity contribution in [1.82, 2.24) is 29.6 Å². The van der Waals surface area contributed by atoms with Gasteiger partial charge in [-0.2, -0.15) is 5.10 Å². The van der Waals surface area contributed by atoms with E-state index in [9.17, 15) is 4.79 Å². The predicted molar refractivity (Wildman–Crippen MR) is 136 cm³/mol. The number of aromatic nitrogens is 5. The molecule has 4 aromatic rings. The Labute approximate surface area is 209 Å². The van der Waals surface area contributed by atoms with E-state index in [2.05, 4.69) is 15.0 Å². The summed E-state index contributed by atoms with van der Waals surface area (Å²) in [6, 6.07) is 13.2. The Kier molecular flexibility index (Phi) is 6.17. The number of amides is 1. The number of carbonyl (C=O) groups is 1. The predicted octanol–water partition coefficient (Wildman–Crippen LogP) is 4.83. The number of nitrogens with zero attached hydrogens (tertiary/aromatic N) is 6. The van der Waals surface area contributed by atoms with Gasteiger partial charge in [0.05, 0.1) is 11.4 Å². The number of para-hydroxylation sites is 1. The van der Waals surface area contributed by atoms with Crippen molar-refractivity contribution >= 4 is 22.9 Å². The largest absolute Gasteiger partial charge is 0.444 e. The second-order valence-corrected chi connectivity index (χ2v) is 9.75. The molecular formula is C26H29N7O3. The van der Waals surface area contributed by atoms with Gasteiger partial charge in [0.2, 0.25) is 5.88 Å². The first-order valence-corrected chi connectivity index (χ1v) is 11.9. The maximum atomic E-state index is 12.5. The lowest BCUT2D eigenvalue weighted by molar-refractivity contribution is 0.0186. The molecule has 1 fully saturated rings. The summed E-state index contributed by atoms with van der Waals surface area (Å²) in [5, 5.41) is 5.59. The molecule has 1 saturated heterocycles. The number of nitrogen functional groups attached to an aromatic ring is 1. The number of hydrogen-bond acceptors (Lipinski definition) is 8. The molecule has 4 heterocycles. The third-order valence-electron chi connectivity index (χ3n) is 5.96. The number of anilines is 1. The zero-order chi connectivity index (χ0) is 25.3. The van der Waals surface area contributed by atoms with Crippen LogP contribution in [-0.2, 0) is 4.74 Å². The van der Waals surface area contributed by atoms with Crippen LogP contribution < -0.4 is 10.5 Å². The summed E-state index contributed by atoms with van der Waals surface area (Å²) in [7, 11) is 0. The maximum Gasteiger partial charge on any atom is 0.410 e. The van der Waals surface area contributed by atoms with Crippen molar-refractivity contribution in [2.75, 3.05) is 18.8 Å². The fourth-order valence-corrected chi connectivity index (χ4v) is 4.26. The Hall–Kier alpha value is -4.21. The van der Waals surface area contributed by atoms with Crippen LogP contribution in [0.1, 0.15) is 39.7 Å². The molecule has 10 heteroatoms. The van der Waals surface area contributed by atoms with Crippen molar-refractivity contribution in [2.24, 2.45) is 0 Å². The molecule has 0 unspecified atom stereocenters. The molecule has 1 aliphatic rings. The van der Waals surface area contributed by atoms with Crippen LogP contribution in [0.25, 0.3) is 22.3 Å². The van der Waals surface area contributed by atoms with E-state index < -0.39 is 5.60 Å². The Morgan fingerprint density at radius 3 is 2.44 bits per heavy atom. The van der Waals surface area contributed by atoms with E-state index in [1.165, 1.54) is 6.33 Å². The van der Waals surface area contributed by atoms with Crippen LogP contribution in [0.4, 0.5) is 10.6 Å². The Balaban J connectivity index is 1.39. The number of pyridine rings is 1. The number of likely N-dealkylation sites (tertiary alicyclic amines) is 1. The van der Waals surface area contributed by atoms with Crippen molar-refractivity contribution in [3.8, 4) is 22.9 Å². The normalized spacial score (nSPS) is 14.7. The van der Waals surface area contributed by atoms with Gasteiger partial charge >= 0.3 is 6.09 Å². The summed E-state index contributed by atoms with van der Waals surface area (Å²) >= 11 is 0. The molecule has 2 N–H and O–H groups in total. The monoisotopic (exact) mass is 487 g/mol. The van der Waals surface area contributed by atoms with Gasteiger partial charge in [-0.1, -0.05) is 18.2 Å². The van der Waals surface area contributed by atoms with Gasteiger partial charge < -0.3 is 20.1 Å². The molecule has 0 radical (unpaired) electrons. The minimum absolute atomic E-state index is 0.0582. The molecule has 36 heavy (non-hydrogen) atoms. The number of fused-ring (bicyclic) bond motifs is 1. The third kappa shape index (κ3) is 4.93. The lowest BCUT2D eigenvalue weighted by Crippen LogP contribution is -2.42. The van der Waals surface area contributed by atoms with Crippen molar-refractivity contribution < 1.29 is 14.3 Å². The summed E-state index contributed by atoms with van der Waals surface area (Å²) < 4.78 is 13.2. The Morgan fingerprint density at radius 2 is 1.78 bits per heavy atom. The van der Waals surface area contributed by atoms with Crippen molar-refractivity contribution in [1.29, 1.82) is 0 Å². The fourth-order valence-electron chi connectivity index (χ4n) is 4.26. The van der Waals surface area contributed by atoms with Crippen LogP contribution in [0.3, 0.4) is 0 Å². The van der Waals surface area contributed by atoms with E-state index in [0.29, 0.717) is 47.3 Å². The molecule has 0 spiro atoms. The number of carbonyl (C=O) groups excluding carboxylic acids is 1. The summed E-state index contributed by atoms with van der Waals surface area (Å²) in [4.78, 5) is 27.4. The van der Waals surface area contributed by atoms with Crippen molar-refractivity contribution in [3.63, 3.8) is 0 Å². The van der Waals surface area contributed by atoms with Crippen LogP contribution in [0.2, 0.25) is 0 Å². The van der Waals surface area contributed by atoms with Crippen LogP contribution >= 0.6 is 0 Å². The second-order valence-electron chi connectivity index (χ2n) is 9.75. The smallest absolute Gasteiger partial charge is 0.410 e. The lowest BCUT2D eigenvalue weighted by Gasteiger charge is -2.33. The molecule has 0 saturated carbocycles. The number of benzene rings is 1. The minimum Gasteiger partial charge on any atom is -0.444 e. The average molecular weight is 488 g/mol. The first-order valence-electron chi connectivity index (χ1n) is 11.9. The van der Waals surface area contributed by atoms with E-state index in [-0.39, 0.29) is 12.1 Å². The topological polar surface area (TPSA) is 121 Å². The molecule has 1 aromatic carbocycles. The van der Waals surface area contributed by atoms with Gasteiger partial charge in [-0.05, 0) is 51.8 Å². The third-order valence-corrected chi connectivity index (χ3v) is 5.96. The number of rotatable bonds is 4. The standard InChI is InChI=1S/C26H29N7O3/c1-26(2,3)36-25(34)32-13-11-18(12-14-32)33-24-21(23(27)29-16-30-24)22(31-33)17-9-10-20(28-15-17)35-19-7-5-4-6-8-19/h4-10,15-16,18H,11-14H2,1-3H3,(H2,27,29,30). The number of nitrogens with two attached hydrogens (primary N) is 1. The number of piperidine rings is 1. The van der Waals surface area contributed by atoms with Crippen molar-refractivity contribution in [2.45, 2.75) is 45.3 Å². The average Bonchev–Trinajstić information content (AvgIpc) is 3.25. The van der Waals surface area contributed by atoms with Gasteiger partial charge in [-0.3, -0.25) is 0 Å². The van der Waals surface area contributed by atoms with E-state index in [4.69, 9.17) is 20.3 Å². The first-order chi connectivity index (χ1) is 17.3. The molecule has 0 aliphatic carbocycles. The highest BCUT2D eigenvalue weighted by molar-refractivity contribution is 5.98. The zero-order valence-electron chi connectivity index (χ0n) is 20.6. The van der Waals surface area contributed by atoms with Crippen LogP contribution in [0, 0.1) is 0 Å². The zero-order valence-corrected chi connectivity index (χ0v) is 20.6. The van der Waals surface area contributed by atoms with Gasteiger partial charge in [-0.25, -0.2) is 24.4 Å². The second kappa shape index (κ2) is 9.44. The van der Waals surface area contributed by atoms with Gasteiger partial charge in [0.25, 0.3) is 0 Å². The van der Waals surface area contributed by atoms with E-state index >= 15 is 0 Å². The molecular weight excluding hydrogens is 458 g/mol. The van der Waals surface area contributed by atoms with E-state index in [1.54, 1.807) is 17.2 Å². The highest BCUT2D eigenvalue weighted by Crippen LogP contribution is 2.34. The highest BCUT2D eigenvalue weighted by Gasteiger charge is 2.30. The minimum atomic E-state index is -0.523. The van der Waals surface area contributed by atoms with Gasteiger partial charge in [0.15, 0.2) is 5.65 Å². The molecule has 5 rings (SSSR count). The Morgan fingerprint density at radius 1 is 1.03 bits per heavy atom. The molecule has 1 amide bonds. The molecule has 0 atom stereocenters. The molecule has 3 aromatic heterocycles. The maximum absolute atomic E-state index is 12.5. The van der Waals surface area contributed by atoms with Crippen LogP contribution in [0.5, 0.6) is 11.6 Å². The summed E-state index contributed by atoms with van der Waals surface area (Å²) in [6.07, 6.45) is 4.32. The van der Waals surface area contributed by atoms with E-state index in [1.807, 2.05) is 61.9 Å². The van der Waals surface area contributed by atoms with Gasteiger partial charge in [-0.15, -0.1) is 0 Å². The molecule has 0 bridgehead atoms. The quantitative estimate of drug-likeness (QED) is 0.434. The Bertz CT molecular complexity index is 1360. The van der Waals surface area contributed by atoms with Crippen molar-refractivity contribution in [3.05, 3.63) is 55.0 Å². The summed E-state index contributed by atoms with van der Waals surface area (Å²) in [5.41, 5.74) is 7.86. The van der Waals surface area contributed by atoms with Crippen LogP contribution in [0.15, 0.2) is 55.0 Å². The van der Waals surface area contributed by atoms with Gasteiger partial charge in [0.1, 0.15) is 29.2 Å².